The van der Waals surface area contributed by atoms with Gasteiger partial charge in [-0.25, -0.2) is 0 Å². The molecule has 4 heterocycles. The number of aryl methyl sites for hydroxylation is 2. The summed E-state index contributed by atoms with van der Waals surface area (Å²) in [6.45, 7) is 39.3. The molecule has 0 saturated carbocycles. The molecule has 10 heteroatoms. The van der Waals surface area contributed by atoms with Crippen LogP contribution in [0.25, 0.3) is 63.6 Å². The summed E-state index contributed by atoms with van der Waals surface area (Å²) in [6.07, 6.45) is 6.36. The van der Waals surface area contributed by atoms with E-state index in [1.807, 2.05) is 35.1 Å². The molecule has 6 nitrogen and oxygen atoms in total. The Hall–Kier alpha value is -5.18. The van der Waals surface area contributed by atoms with Gasteiger partial charge in [0.15, 0.2) is 11.6 Å². The van der Waals surface area contributed by atoms with Gasteiger partial charge in [0.05, 0.1) is 11.5 Å². The Morgan fingerprint density at radius 1 is 0.500 bits per heavy atom. The van der Waals surface area contributed by atoms with Crippen LogP contribution in [0.2, 0.25) is 0 Å². The number of allylic oxidation sites excluding steroid dienone is 4. The van der Waals surface area contributed by atoms with Crippen LogP contribution in [-0.4, -0.2) is 31.7 Å². The van der Waals surface area contributed by atoms with E-state index in [4.69, 9.17) is 20.2 Å². The zero-order valence-corrected chi connectivity index (χ0v) is 55.6. The summed E-state index contributed by atoms with van der Waals surface area (Å²) in [5.41, 5.74) is 16.3. The molecule has 2 N–H and O–H groups in total. The number of carbonyl (C=O) groups is 2. The van der Waals surface area contributed by atoms with Crippen LogP contribution in [0.5, 0.6) is 0 Å². The summed E-state index contributed by atoms with van der Waals surface area (Å²) in [5, 5.41) is 19.1. The maximum absolute atomic E-state index is 10.0. The van der Waals surface area contributed by atoms with Crippen molar-refractivity contribution in [2.24, 2.45) is 0 Å². The molecule has 0 atom stereocenters. The van der Waals surface area contributed by atoms with E-state index in [-0.39, 0.29) is 79.5 Å². The van der Waals surface area contributed by atoms with E-state index in [0.29, 0.717) is 11.8 Å². The fourth-order valence-corrected chi connectivity index (χ4v) is 10.4. The van der Waals surface area contributed by atoms with Crippen molar-refractivity contribution in [1.29, 1.82) is 0 Å². The number of carbonyl (C=O) groups excluding carboxylic acids is 2. The molecule has 0 saturated heterocycles. The zero-order valence-electron chi connectivity index (χ0n) is 49.2. The fraction of sp³-hybridized carbons (Fsp3) is 0.353. The van der Waals surface area contributed by atoms with Crippen molar-refractivity contribution in [1.82, 2.24) is 9.97 Å². The number of ketones is 2. The quantitative estimate of drug-likeness (QED) is 0.0893. The van der Waals surface area contributed by atoms with Gasteiger partial charge in [0.1, 0.15) is 0 Å². The molecular formula is C68H80Ir2N2O4S2-2. The van der Waals surface area contributed by atoms with Crippen LogP contribution in [-0.2, 0) is 66.0 Å². The van der Waals surface area contributed by atoms with Gasteiger partial charge in [-0.3, -0.25) is 9.59 Å². The maximum Gasteiger partial charge on any atom is 0.155 e. The van der Waals surface area contributed by atoms with Crippen molar-refractivity contribution in [3.8, 4) is 43.4 Å². The molecule has 0 unspecified atom stereocenters. The average molecular weight is 1440 g/mol. The predicted molar refractivity (Wildman–Crippen MR) is 327 cm³/mol. The molecule has 0 fully saturated rings. The van der Waals surface area contributed by atoms with Crippen LogP contribution < -0.4 is 0 Å². The van der Waals surface area contributed by atoms with Gasteiger partial charge in [-0.2, -0.15) is 0 Å². The van der Waals surface area contributed by atoms with E-state index in [9.17, 15) is 9.59 Å². The molecular weight excluding hydrogens is 1360 g/mol. The number of rotatable bonds is 8. The molecule has 0 aliphatic heterocycles. The van der Waals surface area contributed by atoms with E-state index in [1.165, 1.54) is 109 Å². The molecule has 0 amide bonds. The number of aliphatic hydroxyl groups excluding tert-OH is 2. The predicted octanol–water partition coefficient (Wildman–Crippen LogP) is 19.7. The summed E-state index contributed by atoms with van der Waals surface area (Å²) in [5.74, 6) is 0.910. The average Bonchev–Trinajstić information content (AvgIpc) is 3.94. The van der Waals surface area contributed by atoms with Crippen LogP contribution >= 0.6 is 22.7 Å². The summed E-state index contributed by atoms with van der Waals surface area (Å²) < 4.78 is 2.54. The topological polar surface area (TPSA) is 100 Å². The van der Waals surface area contributed by atoms with Gasteiger partial charge in [-0.05, 0) is 107 Å². The van der Waals surface area contributed by atoms with Crippen molar-refractivity contribution in [2.75, 3.05) is 0 Å². The van der Waals surface area contributed by atoms with Crippen molar-refractivity contribution in [3.63, 3.8) is 0 Å². The molecule has 0 aliphatic carbocycles. The molecule has 2 radical (unpaired) electrons. The summed E-state index contributed by atoms with van der Waals surface area (Å²) in [7, 11) is 0. The smallest absolute Gasteiger partial charge is 0.155 e. The van der Waals surface area contributed by atoms with Gasteiger partial charge in [0.25, 0.3) is 0 Å². The largest absolute Gasteiger partial charge is 0.512 e. The minimum Gasteiger partial charge on any atom is -0.512 e. The number of thiophene rings is 2. The number of hydrogen-bond acceptors (Lipinski definition) is 8. The Balaban J connectivity index is 0.000000323. The second-order valence-corrected chi connectivity index (χ2v) is 25.9. The first-order valence-electron chi connectivity index (χ1n) is 26.2. The Bertz CT molecular complexity index is 3330. The van der Waals surface area contributed by atoms with Gasteiger partial charge >= 0.3 is 0 Å². The number of hydrogen-bond donors (Lipinski definition) is 2. The van der Waals surface area contributed by atoms with Gasteiger partial charge in [0, 0.05) is 94.7 Å². The third-order valence-corrected chi connectivity index (χ3v) is 14.8. The SMILES string of the molecule is CC(=O)C=C(C)O.CC(=O)C=C(C)O.Cc1[c-]c(-c2cc3sc(-c4cc(C(C)C)cc(C(C)C)c4)cc3cn2)cc(C(C)(C)C)c1.Cc1[c-]c(-c2cc3sc(-c4ccc(C(C)(C)C)cc4)cc3cn2)cc(C(C)(C)C)c1.[Ir].[Ir]. The van der Waals surface area contributed by atoms with Gasteiger partial charge in [-0.1, -0.05) is 158 Å². The first-order chi connectivity index (χ1) is 35.3. The molecule has 4 aromatic carbocycles. The third-order valence-electron chi connectivity index (χ3n) is 12.5. The Labute approximate surface area is 501 Å². The fourth-order valence-electron chi connectivity index (χ4n) is 8.23. The molecule has 418 valence electrons. The van der Waals surface area contributed by atoms with Crippen LogP contribution in [0.3, 0.4) is 0 Å². The van der Waals surface area contributed by atoms with Crippen molar-refractivity contribution < 1.29 is 60.0 Å². The summed E-state index contributed by atoms with van der Waals surface area (Å²) in [6, 6.07) is 41.0. The number of fused-ring (bicyclic) bond motifs is 2. The van der Waals surface area contributed by atoms with E-state index in [0.717, 1.165) is 33.6 Å². The maximum atomic E-state index is 10.0. The Kier molecular flexibility index (Phi) is 24.3. The Morgan fingerprint density at radius 2 is 0.859 bits per heavy atom. The van der Waals surface area contributed by atoms with Crippen LogP contribution in [0.1, 0.15) is 168 Å². The van der Waals surface area contributed by atoms with Gasteiger partial charge in [-0.15, -0.1) is 92.5 Å². The normalized spacial score (nSPS) is 11.9. The second kappa shape index (κ2) is 28.3. The molecule has 4 aromatic heterocycles. The van der Waals surface area contributed by atoms with Crippen molar-refractivity contribution in [3.05, 3.63) is 178 Å². The van der Waals surface area contributed by atoms with Crippen molar-refractivity contribution in [2.45, 2.75) is 160 Å². The molecule has 78 heavy (non-hydrogen) atoms. The first kappa shape index (κ1) is 67.1. The number of aliphatic hydroxyl groups is 2. The number of pyridine rings is 2. The Morgan fingerprint density at radius 3 is 1.17 bits per heavy atom. The zero-order chi connectivity index (χ0) is 56.6. The molecule has 0 spiro atoms. The summed E-state index contributed by atoms with van der Waals surface area (Å²) in [4.78, 5) is 32.2. The van der Waals surface area contributed by atoms with E-state index in [1.54, 1.807) is 0 Å². The minimum absolute atomic E-state index is 0. The van der Waals surface area contributed by atoms with Gasteiger partial charge < -0.3 is 20.2 Å². The molecule has 0 aliphatic rings. The van der Waals surface area contributed by atoms with Crippen LogP contribution in [0, 0.1) is 26.0 Å². The number of aromatic nitrogens is 2. The van der Waals surface area contributed by atoms with Gasteiger partial charge in [0.2, 0.25) is 0 Å². The monoisotopic (exact) mass is 1440 g/mol. The van der Waals surface area contributed by atoms with E-state index < -0.39 is 0 Å². The molecule has 8 rings (SSSR count). The van der Waals surface area contributed by atoms with Crippen LogP contribution in [0.4, 0.5) is 0 Å². The molecule has 0 bridgehead atoms. The minimum atomic E-state index is -0.125. The van der Waals surface area contributed by atoms with E-state index >= 15 is 0 Å². The van der Waals surface area contributed by atoms with Crippen LogP contribution in [0.15, 0.2) is 127 Å². The number of benzene rings is 4. The summed E-state index contributed by atoms with van der Waals surface area (Å²) >= 11 is 3.69. The molecule has 8 aromatic rings. The third kappa shape index (κ3) is 19.6. The second-order valence-electron chi connectivity index (χ2n) is 23.7. The number of nitrogens with zero attached hydrogens (tertiary/aromatic N) is 2. The van der Waals surface area contributed by atoms with E-state index in [2.05, 4.69) is 207 Å². The van der Waals surface area contributed by atoms with Crippen molar-refractivity contribution >= 4 is 54.4 Å². The standard InChI is InChI=1S/C30H34NS.C28H30NS.2C5H8O2.2Ir/c1-18(2)21-11-22(19(3)4)13-24(12-21)28-15-25-17-31-27(16-29(25)32-28)23-9-20(5)10-26(14-23)30(6,7)8;1-18-12-20(14-23(13-18)28(5,6)7)24-16-26-21(17-29-24)15-25(30-26)19-8-10-22(11-9-19)27(2,3)4;2*1-4(6)3-5(2)7;;/h10-19H,1-8H3;8-11,13-17H,1-7H3;2*3,6H,1-2H3;;/q2*-1;;;;. The first-order valence-corrected chi connectivity index (χ1v) is 27.8.